The van der Waals surface area contributed by atoms with Crippen LogP contribution in [0.1, 0.15) is 28.3 Å². The van der Waals surface area contributed by atoms with E-state index in [4.69, 9.17) is 0 Å². The van der Waals surface area contributed by atoms with Crippen molar-refractivity contribution in [2.75, 3.05) is 4.90 Å². The first-order chi connectivity index (χ1) is 18.0. The highest BCUT2D eigenvalue weighted by atomic mass is 16.6. The summed E-state index contributed by atoms with van der Waals surface area (Å²) in [5.41, 5.74) is 0.854. The molecule has 2 aliphatic heterocycles. The predicted octanol–water partition coefficient (Wildman–Crippen LogP) is 3.43. The molecule has 0 spiro atoms. The number of nitrogens with one attached hydrogen (secondary N) is 1. The summed E-state index contributed by atoms with van der Waals surface area (Å²) < 4.78 is 0. The number of carboxylic acid groups (broad SMARTS) is 1. The molecule has 2 fully saturated rings. The molecule has 3 aromatic carbocycles. The molecule has 2 heterocycles. The van der Waals surface area contributed by atoms with Crippen molar-refractivity contribution >= 4 is 29.2 Å². The molecule has 0 aromatic heterocycles. The summed E-state index contributed by atoms with van der Waals surface area (Å²) in [5, 5.41) is 34.9. The monoisotopic (exact) mass is 515 g/mol. The molecule has 2 aliphatic rings. The van der Waals surface area contributed by atoms with E-state index in [0.717, 1.165) is 22.1 Å². The maximum absolute atomic E-state index is 14.0. The lowest BCUT2D eigenvalue weighted by molar-refractivity contribution is -0.384. The second-order valence-electron chi connectivity index (χ2n) is 9.89. The van der Waals surface area contributed by atoms with Crippen LogP contribution in [-0.4, -0.2) is 38.5 Å². The zero-order chi connectivity index (χ0) is 27.4. The lowest BCUT2D eigenvalue weighted by Crippen LogP contribution is -2.57. The number of hydrogen-bond donors (Lipinski definition) is 3. The molecule has 10 nitrogen and oxygen atoms in total. The van der Waals surface area contributed by atoms with Crippen LogP contribution < -0.4 is 10.2 Å². The van der Waals surface area contributed by atoms with Gasteiger partial charge in [-0.2, -0.15) is 0 Å². The van der Waals surface area contributed by atoms with Gasteiger partial charge in [0.2, 0.25) is 11.8 Å². The number of amides is 2. The molecule has 194 valence electrons. The Bertz CT molecular complexity index is 1490. The van der Waals surface area contributed by atoms with Crippen molar-refractivity contribution in [1.29, 1.82) is 0 Å². The number of fused-ring (bicyclic) bond motifs is 1. The molecule has 2 amide bonds. The van der Waals surface area contributed by atoms with Gasteiger partial charge in [0.1, 0.15) is 11.3 Å². The van der Waals surface area contributed by atoms with Gasteiger partial charge in [0.05, 0.1) is 22.4 Å². The fraction of sp³-hybridized carbons (Fsp3) is 0.250. The molecule has 0 radical (unpaired) electrons. The minimum atomic E-state index is -1.86. The quantitative estimate of drug-likeness (QED) is 0.257. The third-order valence-electron chi connectivity index (χ3n) is 7.52. The van der Waals surface area contributed by atoms with Crippen LogP contribution in [0.25, 0.3) is 0 Å². The summed E-state index contributed by atoms with van der Waals surface area (Å²) in [6, 6.07) is 16.0. The number of imide groups is 1. The molecule has 3 aromatic rings. The number of carbonyl (C=O) groups is 3. The third kappa shape index (κ3) is 3.90. The van der Waals surface area contributed by atoms with Crippen molar-refractivity contribution in [3.8, 4) is 5.75 Å². The number of carboxylic acids is 1. The summed E-state index contributed by atoms with van der Waals surface area (Å²) in [6.45, 7) is 3.74. The number of carbonyl (C=O) groups excluding carboxylic acids is 2. The summed E-state index contributed by atoms with van der Waals surface area (Å²) in [6.07, 6.45) is -0.132. The Hall–Kier alpha value is -4.57. The number of benzene rings is 3. The van der Waals surface area contributed by atoms with Crippen LogP contribution in [0.15, 0.2) is 66.7 Å². The highest BCUT2D eigenvalue weighted by Gasteiger charge is 2.68. The van der Waals surface area contributed by atoms with Crippen LogP contribution in [0.3, 0.4) is 0 Å². The average molecular weight is 516 g/mol. The lowest BCUT2D eigenvalue weighted by Gasteiger charge is -2.31. The topological polar surface area (TPSA) is 150 Å². The predicted molar refractivity (Wildman–Crippen MR) is 137 cm³/mol. The fourth-order valence-electron chi connectivity index (χ4n) is 5.74. The van der Waals surface area contributed by atoms with Crippen molar-refractivity contribution in [3.05, 3.63) is 99.1 Å². The van der Waals surface area contributed by atoms with E-state index in [2.05, 4.69) is 5.32 Å². The van der Waals surface area contributed by atoms with Gasteiger partial charge in [-0.05, 0) is 48.7 Å². The van der Waals surface area contributed by atoms with Crippen LogP contribution >= 0.6 is 0 Å². The van der Waals surface area contributed by atoms with E-state index in [-0.39, 0.29) is 23.5 Å². The second kappa shape index (κ2) is 9.07. The van der Waals surface area contributed by atoms with Gasteiger partial charge in [-0.3, -0.25) is 29.8 Å². The van der Waals surface area contributed by atoms with E-state index in [1.807, 2.05) is 32.0 Å². The molecule has 38 heavy (non-hydrogen) atoms. The minimum absolute atomic E-state index is 0.00705. The van der Waals surface area contributed by atoms with E-state index in [1.165, 1.54) is 30.3 Å². The highest BCUT2D eigenvalue weighted by molar-refractivity contribution is 6.24. The molecule has 0 aliphatic carbocycles. The van der Waals surface area contributed by atoms with Gasteiger partial charge >= 0.3 is 5.97 Å². The lowest BCUT2D eigenvalue weighted by atomic mass is 9.76. The maximum atomic E-state index is 14.0. The minimum Gasteiger partial charge on any atom is -0.508 e. The van der Waals surface area contributed by atoms with Crippen LogP contribution in [0.2, 0.25) is 0 Å². The number of nitro benzene ring substituents is 1. The SMILES string of the molecule is Cc1ccc(C)c(C2NC(Cc3ccc(O)cc3)(C(=O)O)C3C(=O)N(c4cccc([N+](=O)[O-])c4)C(=O)C23)c1. The van der Waals surface area contributed by atoms with Crippen LogP contribution in [0, 0.1) is 35.8 Å². The smallest absolute Gasteiger partial charge is 0.325 e. The number of aromatic hydroxyl groups is 1. The fourth-order valence-corrected chi connectivity index (χ4v) is 5.74. The van der Waals surface area contributed by atoms with E-state index < -0.39 is 46.1 Å². The van der Waals surface area contributed by atoms with Gasteiger partial charge in [-0.25, -0.2) is 4.90 Å². The molecular formula is C28H25N3O7. The number of non-ortho nitro benzene ring substituents is 1. The van der Waals surface area contributed by atoms with Gasteiger partial charge in [-0.1, -0.05) is 42.0 Å². The average Bonchev–Trinajstić information content (AvgIpc) is 3.36. The first-order valence-electron chi connectivity index (χ1n) is 12.0. The Morgan fingerprint density at radius 3 is 2.42 bits per heavy atom. The zero-order valence-corrected chi connectivity index (χ0v) is 20.6. The normalized spacial score (nSPS) is 24.5. The standard InChI is InChI=1S/C28H25N3O7/c1-15-6-7-16(2)21(12-15)24-22-23(28(29-24,27(35)36)14-17-8-10-20(32)11-9-17)26(34)30(25(22)33)18-4-3-5-19(13-18)31(37)38/h3-13,22-24,29,32H,14H2,1-2H3,(H,35,36). The van der Waals surface area contributed by atoms with Crippen molar-refractivity contribution in [2.45, 2.75) is 31.8 Å². The number of aliphatic carboxylic acids is 1. The Kier molecular flexibility index (Phi) is 5.99. The molecule has 0 saturated carbocycles. The molecule has 4 unspecified atom stereocenters. The number of anilines is 1. The van der Waals surface area contributed by atoms with Gasteiger partial charge in [0.15, 0.2) is 0 Å². The molecule has 2 saturated heterocycles. The largest absolute Gasteiger partial charge is 0.508 e. The van der Waals surface area contributed by atoms with E-state index in [1.54, 1.807) is 12.1 Å². The zero-order valence-electron chi connectivity index (χ0n) is 20.6. The first kappa shape index (κ1) is 25.1. The van der Waals surface area contributed by atoms with Crippen molar-refractivity contribution in [2.24, 2.45) is 11.8 Å². The molecular weight excluding hydrogens is 490 g/mol. The maximum Gasteiger partial charge on any atom is 0.325 e. The number of nitrogens with zero attached hydrogens (tertiary/aromatic N) is 2. The second-order valence-corrected chi connectivity index (χ2v) is 9.89. The van der Waals surface area contributed by atoms with Gasteiger partial charge in [-0.15, -0.1) is 0 Å². The van der Waals surface area contributed by atoms with E-state index in [0.29, 0.717) is 11.1 Å². The number of rotatable bonds is 6. The number of nitro groups is 1. The Morgan fingerprint density at radius 1 is 1.05 bits per heavy atom. The van der Waals surface area contributed by atoms with Crippen molar-refractivity contribution in [1.82, 2.24) is 5.32 Å². The summed E-state index contributed by atoms with van der Waals surface area (Å²) >= 11 is 0. The number of aryl methyl sites for hydroxylation is 2. The van der Waals surface area contributed by atoms with Crippen LogP contribution in [-0.2, 0) is 20.8 Å². The molecule has 10 heteroatoms. The van der Waals surface area contributed by atoms with Gasteiger partial charge in [0, 0.05) is 24.6 Å². The van der Waals surface area contributed by atoms with Gasteiger partial charge in [0.25, 0.3) is 5.69 Å². The molecule has 3 N–H and O–H groups in total. The van der Waals surface area contributed by atoms with E-state index >= 15 is 0 Å². The molecule has 5 rings (SSSR count). The number of hydrogen-bond acceptors (Lipinski definition) is 7. The van der Waals surface area contributed by atoms with Crippen molar-refractivity contribution < 1.29 is 29.5 Å². The Labute approximate surface area is 217 Å². The van der Waals surface area contributed by atoms with Gasteiger partial charge < -0.3 is 10.2 Å². The summed E-state index contributed by atoms with van der Waals surface area (Å²) in [5.74, 6) is -4.99. The third-order valence-corrected chi connectivity index (χ3v) is 7.52. The first-order valence-corrected chi connectivity index (χ1v) is 12.0. The molecule has 4 atom stereocenters. The van der Waals surface area contributed by atoms with E-state index in [9.17, 15) is 34.7 Å². The summed E-state index contributed by atoms with van der Waals surface area (Å²) in [4.78, 5) is 52.5. The Balaban J connectivity index is 1.68. The van der Waals surface area contributed by atoms with Crippen molar-refractivity contribution in [3.63, 3.8) is 0 Å². The molecule has 0 bridgehead atoms. The van der Waals surface area contributed by atoms with Crippen LogP contribution in [0.4, 0.5) is 11.4 Å². The number of phenols is 1. The van der Waals surface area contributed by atoms with Crippen LogP contribution in [0.5, 0.6) is 5.75 Å². The summed E-state index contributed by atoms with van der Waals surface area (Å²) in [7, 11) is 0. The number of phenolic OH excluding ortho intramolecular Hbond substituents is 1. The highest BCUT2D eigenvalue weighted by Crippen LogP contribution is 2.51. The Morgan fingerprint density at radius 2 is 1.76 bits per heavy atom.